The third-order valence-electron chi connectivity index (χ3n) is 11.6. The number of benzene rings is 9. The second-order valence-electron chi connectivity index (χ2n) is 14.9. The topological polar surface area (TPSA) is 31.2 Å². The predicted molar refractivity (Wildman–Crippen MR) is 237 cm³/mol. The zero-order chi connectivity index (χ0) is 37.5. The lowest BCUT2D eigenvalue weighted by Crippen LogP contribution is -1.94. The van der Waals surface area contributed by atoms with E-state index in [0.29, 0.717) is 0 Å². The summed E-state index contributed by atoms with van der Waals surface area (Å²) in [5, 5.41) is 6.95. The van der Waals surface area contributed by atoms with Crippen molar-refractivity contribution in [2.45, 2.75) is 0 Å². The van der Waals surface area contributed by atoms with E-state index in [1.807, 2.05) is 12.1 Å². The third kappa shape index (κ3) is 5.13. The Bertz CT molecular complexity index is 3530. The number of hydrogen-bond donors (Lipinski definition) is 0. The van der Waals surface area contributed by atoms with Gasteiger partial charge in [0.1, 0.15) is 22.3 Å². The highest BCUT2D eigenvalue weighted by atomic mass is 16.3. The van der Waals surface area contributed by atoms with Crippen LogP contribution in [0.1, 0.15) is 0 Å². The Morgan fingerprint density at radius 3 is 1.35 bits per heavy atom. The number of hydrogen-bond acceptors (Lipinski definition) is 2. The molecule has 0 aliphatic carbocycles. The molecule has 0 saturated heterocycles. The van der Waals surface area contributed by atoms with Crippen LogP contribution < -0.4 is 0 Å². The fraction of sp³-hybridized carbons (Fsp3) is 0. The van der Waals surface area contributed by atoms with Gasteiger partial charge in [0.2, 0.25) is 0 Å². The van der Waals surface area contributed by atoms with Gasteiger partial charge in [-0.15, -0.1) is 0 Å². The van der Waals surface area contributed by atoms with Crippen molar-refractivity contribution in [2.24, 2.45) is 0 Å². The van der Waals surface area contributed by atoms with E-state index in [9.17, 15) is 0 Å². The molecule has 0 aliphatic heterocycles. The first-order valence-corrected chi connectivity index (χ1v) is 19.4. The summed E-state index contributed by atoms with van der Waals surface area (Å²) < 4.78 is 14.9. The van der Waals surface area contributed by atoms with Gasteiger partial charge >= 0.3 is 0 Å². The minimum Gasteiger partial charge on any atom is -0.456 e. The van der Waals surface area contributed by atoms with Gasteiger partial charge in [-0.1, -0.05) is 121 Å². The Kier molecular flexibility index (Phi) is 6.93. The fourth-order valence-corrected chi connectivity index (χ4v) is 8.81. The third-order valence-corrected chi connectivity index (χ3v) is 11.6. The summed E-state index contributed by atoms with van der Waals surface area (Å²) in [4.78, 5) is 0. The van der Waals surface area contributed by atoms with E-state index < -0.39 is 0 Å². The monoisotopic (exact) mass is 727 g/mol. The normalized spacial score (nSPS) is 11.9. The number of fused-ring (bicyclic) bond motifs is 9. The van der Waals surface area contributed by atoms with E-state index in [0.717, 1.165) is 71.8 Å². The van der Waals surface area contributed by atoms with Crippen molar-refractivity contribution in [3.05, 3.63) is 200 Å². The van der Waals surface area contributed by atoms with E-state index in [1.165, 1.54) is 44.1 Å². The van der Waals surface area contributed by atoms with Crippen molar-refractivity contribution in [1.82, 2.24) is 4.57 Å². The highest BCUT2D eigenvalue weighted by Gasteiger charge is 2.16. The van der Waals surface area contributed by atoms with Crippen molar-refractivity contribution in [3.63, 3.8) is 0 Å². The molecule has 0 aliphatic rings. The molecular formula is C54H33NO2. The number of rotatable bonds is 5. The van der Waals surface area contributed by atoms with Gasteiger partial charge in [-0.05, 0) is 123 Å². The smallest absolute Gasteiger partial charge is 0.135 e. The SMILES string of the molecule is c1ccc(-c2cccc(-n3c4ccccc4c4cc(-c5ccc6oc7ccc(-c8cccc(-c9ccc%10oc%11ccccc%11c%10c9)c8)cc7c6c5)ccc43)c2)cc1. The lowest BCUT2D eigenvalue weighted by atomic mass is 9.96. The van der Waals surface area contributed by atoms with Gasteiger partial charge in [0.15, 0.2) is 0 Å². The van der Waals surface area contributed by atoms with Crippen LogP contribution in [0.3, 0.4) is 0 Å². The van der Waals surface area contributed by atoms with Crippen molar-refractivity contribution < 1.29 is 8.83 Å². The quantitative estimate of drug-likeness (QED) is 0.177. The van der Waals surface area contributed by atoms with Crippen LogP contribution in [0, 0.1) is 0 Å². The van der Waals surface area contributed by atoms with E-state index in [1.54, 1.807) is 0 Å². The molecule has 3 heterocycles. The zero-order valence-electron chi connectivity index (χ0n) is 30.8. The molecule has 0 N–H and O–H groups in total. The molecule has 0 fully saturated rings. The zero-order valence-corrected chi connectivity index (χ0v) is 30.8. The van der Waals surface area contributed by atoms with Gasteiger partial charge < -0.3 is 13.4 Å². The van der Waals surface area contributed by atoms with Crippen LogP contribution in [0.4, 0.5) is 0 Å². The first-order valence-electron chi connectivity index (χ1n) is 19.4. The fourth-order valence-electron chi connectivity index (χ4n) is 8.81. The number of nitrogens with zero attached hydrogens (tertiary/aromatic N) is 1. The molecule has 0 atom stereocenters. The Balaban J connectivity index is 0.935. The molecule has 0 radical (unpaired) electrons. The van der Waals surface area contributed by atoms with E-state index in [4.69, 9.17) is 8.83 Å². The van der Waals surface area contributed by atoms with Crippen LogP contribution in [-0.2, 0) is 0 Å². The predicted octanol–water partition coefficient (Wildman–Crippen LogP) is 15.3. The molecule has 0 unspecified atom stereocenters. The standard InChI is InChI=1S/C54H33NO2/c1-2-10-34(11-3-1)37-14-9-15-42(29-37)55-49-18-6-4-16-43(49)45-30-38(20-24-50(45)55)41-23-27-54-48(33-41)47-32-40(22-26-53(47)57-54)36-13-8-12-35(28-36)39-21-25-52-46(31-39)44-17-5-7-19-51(44)56-52/h1-33H. The second kappa shape index (κ2) is 12.5. The van der Waals surface area contributed by atoms with E-state index in [-0.39, 0.29) is 0 Å². The molecule has 12 aromatic rings. The summed E-state index contributed by atoms with van der Waals surface area (Å²) in [6.07, 6.45) is 0. The highest BCUT2D eigenvalue weighted by molar-refractivity contribution is 6.12. The lowest BCUT2D eigenvalue weighted by Gasteiger charge is -2.11. The van der Waals surface area contributed by atoms with E-state index >= 15 is 0 Å². The van der Waals surface area contributed by atoms with Crippen LogP contribution in [-0.4, -0.2) is 4.57 Å². The van der Waals surface area contributed by atoms with Crippen molar-refractivity contribution in [1.29, 1.82) is 0 Å². The molecule has 266 valence electrons. The molecule has 0 spiro atoms. The largest absolute Gasteiger partial charge is 0.456 e. The summed E-state index contributed by atoms with van der Waals surface area (Å²) in [7, 11) is 0. The molecule has 12 rings (SSSR count). The summed E-state index contributed by atoms with van der Waals surface area (Å²) in [5.74, 6) is 0. The van der Waals surface area contributed by atoms with Crippen LogP contribution in [0.15, 0.2) is 209 Å². The first kappa shape index (κ1) is 31.7. The van der Waals surface area contributed by atoms with Gasteiger partial charge in [0.25, 0.3) is 0 Å². The van der Waals surface area contributed by atoms with Crippen molar-refractivity contribution in [2.75, 3.05) is 0 Å². The van der Waals surface area contributed by atoms with Gasteiger partial charge in [0, 0.05) is 38.0 Å². The summed E-state index contributed by atoms with van der Waals surface area (Å²) in [6, 6.07) is 71.6. The minimum absolute atomic E-state index is 0.885. The van der Waals surface area contributed by atoms with Crippen LogP contribution in [0.25, 0.3) is 116 Å². The molecule has 57 heavy (non-hydrogen) atoms. The minimum atomic E-state index is 0.885. The van der Waals surface area contributed by atoms with Crippen molar-refractivity contribution >= 4 is 65.7 Å². The Morgan fingerprint density at radius 2 is 0.684 bits per heavy atom. The molecule has 0 bridgehead atoms. The second-order valence-corrected chi connectivity index (χ2v) is 14.9. The average molecular weight is 728 g/mol. The lowest BCUT2D eigenvalue weighted by molar-refractivity contribution is 0.668. The van der Waals surface area contributed by atoms with Gasteiger partial charge in [-0.2, -0.15) is 0 Å². The van der Waals surface area contributed by atoms with Gasteiger partial charge in [0.05, 0.1) is 11.0 Å². The summed E-state index contributed by atoms with van der Waals surface area (Å²) >= 11 is 0. The molecular weight excluding hydrogens is 695 g/mol. The van der Waals surface area contributed by atoms with Gasteiger partial charge in [-0.3, -0.25) is 0 Å². The highest BCUT2D eigenvalue weighted by Crippen LogP contribution is 2.40. The van der Waals surface area contributed by atoms with Gasteiger partial charge in [-0.25, -0.2) is 0 Å². The Hall–Kier alpha value is -7.62. The first-order chi connectivity index (χ1) is 28.2. The number of furan rings is 2. The Labute approximate surface area is 328 Å². The van der Waals surface area contributed by atoms with Crippen LogP contribution in [0.2, 0.25) is 0 Å². The molecule has 9 aromatic carbocycles. The maximum Gasteiger partial charge on any atom is 0.135 e. The average Bonchev–Trinajstić information content (AvgIpc) is 3.95. The van der Waals surface area contributed by atoms with Crippen LogP contribution in [0.5, 0.6) is 0 Å². The Morgan fingerprint density at radius 1 is 0.246 bits per heavy atom. The maximum absolute atomic E-state index is 6.41. The summed E-state index contributed by atoms with van der Waals surface area (Å²) in [6.45, 7) is 0. The van der Waals surface area contributed by atoms with Crippen molar-refractivity contribution in [3.8, 4) is 50.2 Å². The number of aromatic nitrogens is 1. The summed E-state index contributed by atoms with van der Waals surface area (Å²) in [5.41, 5.74) is 16.5. The number of para-hydroxylation sites is 2. The van der Waals surface area contributed by atoms with E-state index in [2.05, 4.69) is 193 Å². The molecule has 3 heteroatoms. The van der Waals surface area contributed by atoms with Crippen LogP contribution >= 0.6 is 0 Å². The molecule has 3 aromatic heterocycles. The molecule has 0 saturated carbocycles. The molecule has 3 nitrogen and oxygen atoms in total. The maximum atomic E-state index is 6.41. The molecule has 0 amide bonds.